The van der Waals surface area contributed by atoms with E-state index in [4.69, 9.17) is 16.2 Å². The van der Waals surface area contributed by atoms with Crippen molar-refractivity contribution in [3.05, 3.63) is 23.8 Å². The van der Waals surface area contributed by atoms with E-state index in [1.54, 1.807) is 23.1 Å². The molecule has 108 valence electrons. The van der Waals surface area contributed by atoms with E-state index in [2.05, 4.69) is 0 Å². The van der Waals surface area contributed by atoms with Crippen molar-refractivity contribution < 1.29 is 14.3 Å². The van der Waals surface area contributed by atoms with Crippen LogP contribution in [0.2, 0.25) is 0 Å². The molecular weight excluding hydrogens is 258 g/mol. The number of nitrogen functional groups attached to an aromatic ring is 1. The number of hydrogen-bond donors (Lipinski definition) is 2. The van der Waals surface area contributed by atoms with Crippen molar-refractivity contribution in [2.75, 3.05) is 25.4 Å². The van der Waals surface area contributed by atoms with Crippen LogP contribution in [-0.2, 0) is 4.79 Å². The molecule has 4 N–H and O–H groups in total. The Balaban J connectivity index is 2.10. The Morgan fingerprint density at radius 3 is 2.75 bits per heavy atom. The van der Waals surface area contributed by atoms with E-state index < -0.39 is 0 Å². The molecule has 1 saturated heterocycles. The van der Waals surface area contributed by atoms with Crippen LogP contribution in [0.4, 0.5) is 5.69 Å². The highest BCUT2D eigenvalue weighted by atomic mass is 16.5. The van der Waals surface area contributed by atoms with Crippen molar-refractivity contribution in [3.8, 4) is 5.75 Å². The highest BCUT2D eigenvalue weighted by Gasteiger charge is 2.30. The first-order valence-corrected chi connectivity index (χ1v) is 6.63. The van der Waals surface area contributed by atoms with Gasteiger partial charge in [0.1, 0.15) is 5.75 Å². The third-order valence-electron chi connectivity index (χ3n) is 3.43. The van der Waals surface area contributed by atoms with Crippen LogP contribution in [0, 0.1) is 5.92 Å². The van der Waals surface area contributed by atoms with E-state index >= 15 is 0 Å². The van der Waals surface area contributed by atoms with Gasteiger partial charge in [-0.3, -0.25) is 9.59 Å². The summed E-state index contributed by atoms with van der Waals surface area (Å²) in [6.45, 7) is 3.30. The van der Waals surface area contributed by atoms with Crippen LogP contribution in [0.1, 0.15) is 23.7 Å². The average Bonchev–Trinajstić information content (AvgIpc) is 2.90. The van der Waals surface area contributed by atoms with Crippen molar-refractivity contribution in [2.24, 2.45) is 11.7 Å². The van der Waals surface area contributed by atoms with Crippen molar-refractivity contribution in [2.45, 2.75) is 13.3 Å². The fourth-order valence-electron chi connectivity index (χ4n) is 2.33. The van der Waals surface area contributed by atoms with E-state index in [0.717, 1.165) is 0 Å². The molecule has 0 saturated carbocycles. The van der Waals surface area contributed by atoms with Crippen LogP contribution in [-0.4, -0.2) is 36.4 Å². The van der Waals surface area contributed by atoms with Gasteiger partial charge in [0, 0.05) is 18.7 Å². The molecule has 0 spiro atoms. The Morgan fingerprint density at radius 1 is 1.45 bits per heavy atom. The summed E-state index contributed by atoms with van der Waals surface area (Å²) in [4.78, 5) is 25.1. The molecule has 6 nitrogen and oxygen atoms in total. The highest BCUT2D eigenvalue weighted by Crippen LogP contribution is 2.25. The topological polar surface area (TPSA) is 98.6 Å². The lowest BCUT2D eigenvalue weighted by Gasteiger charge is -2.17. The maximum Gasteiger partial charge on any atom is 0.253 e. The molecule has 0 bridgehead atoms. The van der Waals surface area contributed by atoms with Crippen LogP contribution < -0.4 is 16.2 Å². The van der Waals surface area contributed by atoms with Gasteiger partial charge in [-0.1, -0.05) is 0 Å². The second kappa shape index (κ2) is 5.81. The van der Waals surface area contributed by atoms with Crippen LogP contribution in [0.3, 0.4) is 0 Å². The molecule has 6 heteroatoms. The molecule has 1 aromatic carbocycles. The van der Waals surface area contributed by atoms with E-state index in [9.17, 15) is 9.59 Å². The van der Waals surface area contributed by atoms with Crippen LogP contribution in [0.25, 0.3) is 0 Å². The van der Waals surface area contributed by atoms with Gasteiger partial charge in [0.15, 0.2) is 0 Å². The summed E-state index contributed by atoms with van der Waals surface area (Å²) >= 11 is 0. The Kier molecular flexibility index (Phi) is 4.12. The molecule has 1 aliphatic rings. The number of rotatable bonds is 4. The van der Waals surface area contributed by atoms with Crippen LogP contribution >= 0.6 is 0 Å². The molecule has 1 heterocycles. The number of anilines is 1. The van der Waals surface area contributed by atoms with Gasteiger partial charge in [-0.2, -0.15) is 0 Å². The van der Waals surface area contributed by atoms with E-state index in [1.807, 2.05) is 6.92 Å². The molecule has 1 atom stereocenters. The SMILES string of the molecule is CCOc1ccc(C(=O)N2CCC(C(N)=O)C2)cc1N. The fourth-order valence-corrected chi connectivity index (χ4v) is 2.33. The normalized spacial score (nSPS) is 18.1. The number of nitrogens with zero attached hydrogens (tertiary/aromatic N) is 1. The second-order valence-corrected chi connectivity index (χ2v) is 4.82. The average molecular weight is 277 g/mol. The summed E-state index contributed by atoms with van der Waals surface area (Å²) in [5.41, 5.74) is 12.0. The summed E-state index contributed by atoms with van der Waals surface area (Å²) in [5.74, 6) is -0.172. The number of benzene rings is 1. The number of carbonyl (C=O) groups is 2. The third-order valence-corrected chi connectivity index (χ3v) is 3.43. The van der Waals surface area contributed by atoms with Gasteiger partial charge in [0.05, 0.1) is 18.2 Å². The first-order chi connectivity index (χ1) is 9.52. The van der Waals surface area contributed by atoms with Gasteiger partial charge in [-0.05, 0) is 31.5 Å². The lowest BCUT2D eigenvalue weighted by atomic mass is 10.1. The van der Waals surface area contributed by atoms with Crippen LogP contribution in [0.15, 0.2) is 18.2 Å². The molecule has 0 radical (unpaired) electrons. The first kappa shape index (κ1) is 14.2. The smallest absolute Gasteiger partial charge is 0.253 e. The number of likely N-dealkylation sites (tertiary alicyclic amines) is 1. The van der Waals surface area contributed by atoms with Crippen molar-refractivity contribution in [3.63, 3.8) is 0 Å². The number of carbonyl (C=O) groups excluding carboxylic acids is 2. The minimum Gasteiger partial charge on any atom is -0.492 e. The zero-order valence-electron chi connectivity index (χ0n) is 11.5. The molecule has 20 heavy (non-hydrogen) atoms. The molecule has 2 amide bonds. The van der Waals surface area contributed by atoms with Crippen molar-refractivity contribution in [1.82, 2.24) is 4.90 Å². The second-order valence-electron chi connectivity index (χ2n) is 4.82. The largest absolute Gasteiger partial charge is 0.492 e. The Hall–Kier alpha value is -2.24. The van der Waals surface area contributed by atoms with Gasteiger partial charge in [0.2, 0.25) is 5.91 Å². The number of amides is 2. The lowest BCUT2D eigenvalue weighted by molar-refractivity contribution is -0.121. The molecule has 1 aliphatic heterocycles. The maximum absolute atomic E-state index is 12.3. The highest BCUT2D eigenvalue weighted by molar-refractivity contribution is 5.96. The minimum atomic E-state index is -0.355. The number of hydrogen-bond acceptors (Lipinski definition) is 4. The summed E-state index contributed by atoms with van der Waals surface area (Å²) in [5, 5.41) is 0. The maximum atomic E-state index is 12.3. The molecule has 1 fully saturated rings. The van der Waals surface area contributed by atoms with E-state index in [1.165, 1.54) is 0 Å². The lowest BCUT2D eigenvalue weighted by Crippen LogP contribution is -2.31. The molecule has 1 aromatic rings. The summed E-state index contributed by atoms with van der Waals surface area (Å²) in [6.07, 6.45) is 0.619. The zero-order valence-corrected chi connectivity index (χ0v) is 11.5. The predicted octanol–water partition coefficient (Wildman–Crippen LogP) is 0.615. The van der Waals surface area contributed by atoms with Gasteiger partial charge in [0.25, 0.3) is 5.91 Å². The molecular formula is C14H19N3O3. The quantitative estimate of drug-likeness (QED) is 0.788. The zero-order chi connectivity index (χ0) is 14.7. The number of ether oxygens (including phenoxy) is 1. The Labute approximate surface area is 117 Å². The Bertz CT molecular complexity index is 530. The Morgan fingerprint density at radius 2 is 2.20 bits per heavy atom. The fraction of sp³-hybridized carbons (Fsp3) is 0.429. The van der Waals surface area contributed by atoms with Gasteiger partial charge in [-0.25, -0.2) is 0 Å². The summed E-state index contributed by atoms with van der Waals surface area (Å²) < 4.78 is 5.33. The number of nitrogens with two attached hydrogens (primary N) is 2. The van der Waals surface area contributed by atoms with Crippen molar-refractivity contribution >= 4 is 17.5 Å². The standard InChI is InChI=1S/C14H19N3O3/c1-2-20-12-4-3-9(7-11(12)15)14(19)17-6-5-10(8-17)13(16)18/h3-4,7,10H,2,5-6,8,15H2,1H3,(H2,16,18). The third kappa shape index (κ3) is 2.84. The van der Waals surface area contributed by atoms with Crippen LogP contribution in [0.5, 0.6) is 5.75 Å². The summed E-state index contributed by atoms with van der Waals surface area (Å²) in [7, 11) is 0. The molecule has 1 unspecified atom stereocenters. The molecule has 0 aromatic heterocycles. The number of primary amides is 1. The monoisotopic (exact) mass is 277 g/mol. The molecule has 0 aliphatic carbocycles. The van der Waals surface area contributed by atoms with Gasteiger partial charge >= 0.3 is 0 Å². The van der Waals surface area contributed by atoms with Gasteiger partial charge in [-0.15, -0.1) is 0 Å². The summed E-state index contributed by atoms with van der Waals surface area (Å²) in [6, 6.07) is 4.97. The van der Waals surface area contributed by atoms with E-state index in [-0.39, 0.29) is 17.7 Å². The van der Waals surface area contributed by atoms with Gasteiger partial charge < -0.3 is 21.1 Å². The predicted molar refractivity (Wildman–Crippen MR) is 75.2 cm³/mol. The minimum absolute atomic E-state index is 0.136. The van der Waals surface area contributed by atoms with Crippen molar-refractivity contribution in [1.29, 1.82) is 0 Å². The van der Waals surface area contributed by atoms with E-state index in [0.29, 0.717) is 43.1 Å². The first-order valence-electron chi connectivity index (χ1n) is 6.63. The molecule has 2 rings (SSSR count).